The third-order valence-electron chi connectivity index (χ3n) is 5.16. The van der Waals surface area contributed by atoms with Gasteiger partial charge in [-0.25, -0.2) is 17.7 Å². The fourth-order valence-corrected chi connectivity index (χ4v) is 4.73. The molecule has 2 aromatic heterocycles. The molecule has 3 N–H and O–H groups in total. The van der Waals surface area contributed by atoms with Gasteiger partial charge in [0.15, 0.2) is 0 Å². The number of aliphatic hydroxyl groups is 1. The summed E-state index contributed by atoms with van der Waals surface area (Å²) >= 11 is 0.728. The summed E-state index contributed by atoms with van der Waals surface area (Å²) in [7, 11) is -3.18. The lowest BCUT2D eigenvalue weighted by Gasteiger charge is -2.30. The molecule has 12 heteroatoms. The first-order chi connectivity index (χ1) is 15.3. The maximum atomic E-state index is 12.8. The number of anilines is 1. The van der Waals surface area contributed by atoms with Gasteiger partial charge in [0.2, 0.25) is 16.0 Å². The number of pyridine rings is 1. The third-order valence-corrected chi connectivity index (χ3v) is 6.93. The summed E-state index contributed by atoms with van der Waals surface area (Å²) in [6, 6.07) is 1.75. The first kappa shape index (κ1) is 26.5. The fraction of sp³-hybridized carbons (Fsp3) is 0.650. The Balaban J connectivity index is 0.00000176. The van der Waals surface area contributed by atoms with Crippen LogP contribution < -0.4 is 10.9 Å². The molecular formula is C20H33N5O5S2. The van der Waals surface area contributed by atoms with E-state index in [-0.39, 0.29) is 24.6 Å². The van der Waals surface area contributed by atoms with Crippen LogP contribution in [0.25, 0.3) is 11.0 Å². The zero-order chi connectivity index (χ0) is 23.7. The summed E-state index contributed by atoms with van der Waals surface area (Å²) in [4.78, 5) is 21.8. The predicted octanol–water partition coefficient (Wildman–Crippen LogP) is 1.78. The van der Waals surface area contributed by atoms with Gasteiger partial charge in [0, 0.05) is 61.6 Å². The summed E-state index contributed by atoms with van der Waals surface area (Å²) in [5, 5.41) is 13.2. The number of aliphatic hydroxyl groups excluding tert-OH is 1. The van der Waals surface area contributed by atoms with Crippen molar-refractivity contribution in [3.63, 3.8) is 0 Å². The number of aryl methyl sites for hydroxylation is 1. The van der Waals surface area contributed by atoms with Gasteiger partial charge >= 0.3 is 0 Å². The minimum Gasteiger partial charge on any atom is -0.396 e. The highest BCUT2D eigenvalue weighted by Gasteiger charge is 2.25. The van der Waals surface area contributed by atoms with E-state index in [9.17, 15) is 18.3 Å². The second kappa shape index (κ2) is 12.5. The van der Waals surface area contributed by atoms with Crippen LogP contribution in [0, 0.1) is 0 Å². The lowest BCUT2D eigenvalue weighted by atomic mass is 10.1. The highest BCUT2D eigenvalue weighted by atomic mass is 32.2. The maximum Gasteiger partial charge on any atom is 0.255 e. The van der Waals surface area contributed by atoms with E-state index in [4.69, 9.17) is 4.55 Å². The highest BCUT2D eigenvalue weighted by Crippen LogP contribution is 2.19. The Kier molecular flexibility index (Phi) is 10.4. The van der Waals surface area contributed by atoms with Gasteiger partial charge in [-0.15, -0.1) is 0 Å². The molecule has 2 aromatic rings. The topological polar surface area (TPSA) is 138 Å². The Morgan fingerprint density at radius 3 is 2.56 bits per heavy atom. The second-order valence-electron chi connectivity index (χ2n) is 7.34. The molecule has 3 heterocycles. The summed E-state index contributed by atoms with van der Waals surface area (Å²) < 4.78 is 35.3. The van der Waals surface area contributed by atoms with Gasteiger partial charge in [0.05, 0.1) is 6.26 Å². The van der Waals surface area contributed by atoms with Crippen LogP contribution in [0.1, 0.15) is 38.7 Å². The van der Waals surface area contributed by atoms with E-state index in [0.29, 0.717) is 67.2 Å². The van der Waals surface area contributed by atoms with Crippen molar-refractivity contribution < 1.29 is 18.1 Å². The van der Waals surface area contributed by atoms with E-state index in [1.54, 1.807) is 16.8 Å². The van der Waals surface area contributed by atoms with Gasteiger partial charge in [-0.1, -0.05) is 13.8 Å². The quantitative estimate of drug-likeness (QED) is 0.357. The first-order valence-corrected chi connectivity index (χ1v) is 13.6. The fourth-order valence-electron chi connectivity index (χ4n) is 3.60. The van der Waals surface area contributed by atoms with Crippen LogP contribution in [0.4, 0.5) is 5.95 Å². The van der Waals surface area contributed by atoms with Crippen molar-refractivity contribution in [3.8, 4) is 0 Å². The van der Waals surface area contributed by atoms with Crippen LogP contribution in [0.2, 0.25) is 0 Å². The normalized spacial score (nSPS) is 15.4. The minimum atomic E-state index is -3.18. The Morgan fingerprint density at radius 2 is 1.97 bits per heavy atom. The Hall–Kier alpha value is -1.73. The largest absolute Gasteiger partial charge is 0.396 e. The highest BCUT2D eigenvalue weighted by molar-refractivity contribution is 7.93. The molecule has 1 aliphatic rings. The molecule has 32 heavy (non-hydrogen) atoms. The molecule has 0 bridgehead atoms. The number of sulfonamides is 1. The van der Waals surface area contributed by atoms with Crippen LogP contribution in [-0.4, -0.2) is 74.7 Å². The van der Waals surface area contributed by atoms with Crippen molar-refractivity contribution in [1.29, 1.82) is 0 Å². The summed E-state index contributed by atoms with van der Waals surface area (Å²) in [5.74, 6) is 0.882. The van der Waals surface area contributed by atoms with Crippen molar-refractivity contribution in [2.45, 2.75) is 52.1 Å². The Bertz CT molecular complexity index is 1040. The lowest BCUT2D eigenvalue weighted by molar-refractivity contribution is 0.299. The zero-order valence-corrected chi connectivity index (χ0v) is 20.5. The van der Waals surface area contributed by atoms with Crippen molar-refractivity contribution in [2.24, 2.45) is 0 Å². The van der Waals surface area contributed by atoms with Gasteiger partial charge in [-0.2, -0.15) is 4.98 Å². The van der Waals surface area contributed by atoms with E-state index in [1.807, 2.05) is 13.8 Å². The summed E-state index contributed by atoms with van der Waals surface area (Å²) in [6.45, 7) is 5.15. The lowest BCUT2D eigenvalue weighted by Crippen LogP contribution is -2.42. The Labute approximate surface area is 193 Å². The minimum absolute atomic E-state index is 0.0417. The van der Waals surface area contributed by atoms with Gasteiger partial charge in [0.1, 0.15) is 5.65 Å². The van der Waals surface area contributed by atoms with Crippen LogP contribution in [0.15, 0.2) is 17.1 Å². The number of nitrogens with one attached hydrogen (secondary N) is 1. The van der Waals surface area contributed by atoms with Gasteiger partial charge in [0.25, 0.3) is 5.56 Å². The van der Waals surface area contributed by atoms with Crippen molar-refractivity contribution in [3.05, 3.63) is 28.2 Å². The second-order valence-corrected chi connectivity index (χ2v) is 9.99. The third kappa shape index (κ3) is 6.88. The monoisotopic (exact) mass is 487 g/mol. The van der Waals surface area contributed by atoms with E-state index in [2.05, 4.69) is 15.3 Å². The van der Waals surface area contributed by atoms with E-state index >= 15 is 0 Å². The van der Waals surface area contributed by atoms with E-state index < -0.39 is 10.0 Å². The van der Waals surface area contributed by atoms with Crippen LogP contribution in [0.3, 0.4) is 0 Å². The molecule has 0 spiro atoms. The van der Waals surface area contributed by atoms with Gasteiger partial charge < -0.3 is 15.0 Å². The van der Waals surface area contributed by atoms with Crippen molar-refractivity contribution >= 4 is 39.0 Å². The molecule has 0 unspecified atom stereocenters. The molecule has 180 valence electrons. The molecular weight excluding hydrogens is 454 g/mol. The van der Waals surface area contributed by atoms with Crippen LogP contribution in [-0.2, 0) is 23.0 Å². The molecule has 0 aliphatic carbocycles. The average molecular weight is 488 g/mol. The number of fused-ring (bicyclic) bond motifs is 1. The molecule has 0 aromatic carbocycles. The van der Waals surface area contributed by atoms with Crippen LogP contribution >= 0.6 is 12.0 Å². The number of piperidine rings is 1. The molecule has 10 nitrogen and oxygen atoms in total. The number of hydrogen-bond donors (Lipinski definition) is 3. The van der Waals surface area contributed by atoms with Gasteiger partial charge in [-0.05, 0) is 37.4 Å². The number of aromatic nitrogens is 3. The molecule has 1 saturated heterocycles. The number of rotatable bonds is 9. The van der Waals surface area contributed by atoms with Gasteiger partial charge in [-0.3, -0.25) is 9.36 Å². The van der Waals surface area contributed by atoms with Crippen molar-refractivity contribution in [1.82, 2.24) is 18.8 Å². The SMILES string of the molecule is CC.CS(=O)(=O)N1CCC(Nc2ncc3cc(CCO)c(=O)n(CCCSO)c3n2)CC1. The number of nitrogens with zero attached hydrogens (tertiary/aromatic N) is 4. The van der Waals surface area contributed by atoms with Crippen molar-refractivity contribution in [2.75, 3.05) is 37.0 Å². The van der Waals surface area contributed by atoms with E-state index in [0.717, 1.165) is 12.0 Å². The molecule has 0 amide bonds. The van der Waals surface area contributed by atoms with E-state index in [1.165, 1.54) is 10.6 Å². The predicted molar refractivity (Wildman–Crippen MR) is 129 cm³/mol. The van der Waals surface area contributed by atoms with Crippen LogP contribution in [0.5, 0.6) is 0 Å². The standard InChI is InChI=1S/C18H27N5O5S2.C2H6/c1-30(27,28)22-7-3-15(4-8-22)20-18-19-12-14-11-13(5-9-24)17(25)23(16(14)21-18)6-2-10-29-26;1-2/h11-12,15,24,26H,2-10H2,1H3,(H,19,20,21);1-2H3. The Morgan fingerprint density at radius 1 is 1.28 bits per heavy atom. The molecule has 1 fully saturated rings. The molecule has 0 saturated carbocycles. The maximum absolute atomic E-state index is 12.8. The molecule has 1 aliphatic heterocycles. The smallest absolute Gasteiger partial charge is 0.255 e. The first-order valence-electron chi connectivity index (χ1n) is 10.8. The molecule has 3 rings (SSSR count). The number of hydrogen-bond acceptors (Lipinski definition) is 9. The summed E-state index contributed by atoms with van der Waals surface area (Å²) in [5.41, 5.74) is 0.792. The zero-order valence-electron chi connectivity index (χ0n) is 18.8. The summed E-state index contributed by atoms with van der Waals surface area (Å²) in [6.07, 6.45) is 4.99. The molecule has 0 atom stereocenters. The molecule has 0 radical (unpaired) electrons. The average Bonchev–Trinajstić information content (AvgIpc) is 2.78.